The number of phenolic OH excluding ortho intramolecular Hbond substituents is 1. The van der Waals surface area contributed by atoms with Crippen molar-refractivity contribution < 1.29 is 5.11 Å². The number of hydrogen-bond acceptors (Lipinski definition) is 2. The number of nitrogens with one attached hydrogen (secondary N) is 2. The summed E-state index contributed by atoms with van der Waals surface area (Å²) in [6, 6.07) is 6.99. The molecular formula is C10H14N2OS. The van der Waals surface area contributed by atoms with Gasteiger partial charge < -0.3 is 15.7 Å². The van der Waals surface area contributed by atoms with Crippen LogP contribution < -0.4 is 10.6 Å². The Labute approximate surface area is 89.1 Å². The predicted molar refractivity (Wildman–Crippen MR) is 62.6 cm³/mol. The van der Waals surface area contributed by atoms with Crippen LogP contribution in [0.5, 0.6) is 5.75 Å². The molecule has 0 unspecified atom stereocenters. The summed E-state index contributed by atoms with van der Waals surface area (Å²) in [6.07, 6.45) is 1.02. The summed E-state index contributed by atoms with van der Waals surface area (Å²) < 4.78 is 0. The van der Waals surface area contributed by atoms with E-state index < -0.39 is 0 Å². The minimum Gasteiger partial charge on any atom is -0.506 e. The largest absolute Gasteiger partial charge is 0.506 e. The average Bonchev–Trinajstić information content (AvgIpc) is 2.18. The molecule has 3 N–H and O–H groups in total. The third-order valence-electron chi connectivity index (χ3n) is 1.69. The summed E-state index contributed by atoms with van der Waals surface area (Å²) >= 11 is 5.03. The fraction of sp³-hybridized carbons (Fsp3) is 0.300. The highest BCUT2D eigenvalue weighted by Crippen LogP contribution is 2.20. The molecule has 76 valence electrons. The number of hydrogen-bond donors (Lipinski definition) is 3. The Balaban J connectivity index is 2.52. The summed E-state index contributed by atoms with van der Waals surface area (Å²) in [5.41, 5.74) is 0.626. The van der Waals surface area contributed by atoms with E-state index >= 15 is 0 Å². The fourth-order valence-corrected chi connectivity index (χ4v) is 1.20. The molecule has 0 radical (unpaired) electrons. The van der Waals surface area contributed by atoms with Gasteiger partial charge in [0.05, 0.1) is 5.69 Å². The summed E-state index contributed by atoms with van der Waals surface area (Å²) in [7, 11) is 0. The monoisotopic (exact) mass is 210 g/mol. The van der Waals surface area contributed by atoms with Gasteiger partial charge in [-0.2, -0.15) is 0 Å². The molecule has 3 nitrogen and oxygen atoms in total. The van der Waals surface area contributed by atoms with E-state index in [1.54, 1.807) is 18.2 Å². The molecule has 1 rings (SSSR count). The van der Waals surface area contributed by atoms with Gasteiger partial charge in [0.1, 0.15) is 5.75 Å². The van der Waals surface area contributed by atoms with Crippen molar-refractivity contribution in [3.63, 3.8) is 0 Å². The van der Waals surface area contributed by atoms with Crippen LogP contribution in [0.4, 0.5) is 5.69 Å². The van der Waals surface area contributed by atoms with Crippen LogP contribution in [-0.2, 0) is 0 Å². The van der Waals surface area contributed by atoms with Crippen LogP contribution in [-0.4, -0.2) is 16.8 Å². The van der Waals surface area contributed by atoms with Crippen molar-refractivity contribution in [3.05, 3.63) is 24.3 Å². The van der Waals surface area contributed by atoms with Crippen molar-refractivity contribution >= 4 is 23.0 Å². The van der Waals surface area contributed by atoms with Crippen LogP contribution in [0.3, 0.4) is 0 Å². The van der Waals surface area contributed by atoms with Gasteiger partial charge in [0.25, 0.3) is 0 Å². The standard InChI is InChI=1S/C10H14N2OS/c1-2-7-11-10(14)12-8-5-3-4-6-9(8)13/h3-6,13H,2,7H2,1H3,(H2,11,12,14). The minimum absolute atomic E-state index is 0.202. The first-order valence-corrected chi connectivity index (χ1v) is 4.97. The molecule has 0 amide bonds. The van der Waals surface area contributed by atoms with Crippen molar-refractivity contribution in [2.75, 3.05) is 11.9 Å². The zero-order chi connectivity index (χ0) is 10.4. The van der Waals surface area contributed by atoms with E-state index in [1.165, 1.54) is 0 Å². The van der Waals surface area contributed by atoms with E-state index in [9.17, 15) is 5.11 Å². The highest BCUT2D eigenvalue weighted by molar-refractivity contribution is 7.80. The lowest BCUT2D eigenvalue weighted by molar-refractivity contribution is 0.478. The minimum atomic E-state index is 0.202. The van der Waals surface area contributed by atoms with E-state index in [2.05, 4.69) is 17.6 Å². The van der Waals surface area contributed by atoms with E-state index in [1.807, 2.05) is 6.07 Å². The van der Waals surface area contributed by atoms with E-state index in [0.717, 1.165) is 13.0 Å². The molecule has 0 saturated heterocycles. The highest BCUT2D eigenvalue weighted by atomic mass is 32.1. The van der Waals surface area contributed by atoms with Gasteiger partial charge in [0, 0.05) is 6.54 Å². The van der Waals surface area contributed by atoms with Crippen molar-refractivity contribution in [2.24, 2.45) is 0 Å². The lowest BCUT2D eigenvalue weighted by Gasteiger charge is -2.10. The Kier molecular flexibility index (Phi) is 4.19. The first-order chi connectivity index (χ1) is 6.74. The van der Waals surface area contributed by atoms with Gasteiger partial charge >= 0.3 is 0 Å². The summed E-state index contributed by atoms with van der Waals surface area (Å²) in [5.74, 6) is 0.202. The van der Waals surface area contributed by atoms with Gasteiger partial charge in [-0.1, -0.05) is 19.1 Å². The molecule has 1 aromatic carbocycles. The maximum Gasteiger partial charge on any atom is 0.170 e. The maximum atomic E-state index is 9.43. The van der Waals surface area contributed by atoms with Crippen LogP contribution in [0.25, 0.3) is 0 Å². The molecule has 0 saturated carbocycles. The lowest BCUT2D eigenvalue weighted by atomic mass is 10.3. The molecule has 0 atom stereocenters. The Morgan fingerprint density at radius 1 is 1.43 bits per heavy atom. The number of benzene rings is 1. The molecule has 14 heavy (non-hydrogen) atoms. The molecule has 0 bridgehead atoms. The molecule has 0 aromatic heterocycles. The molecule has 0 aliphatic rings. The molecule has 0 spiro atoms. The highest BCUT2D eigenvalue weighted by Gasteiger charge is 2.00. The summed E-state index contributed by atoms with van der Waals surface area (Å²) in [5, 5.41) is 15.9. The Morgan fingerprint density at radius 3 is 2.79 bits per heavy atom. The smallest absolute Gasteiger partial charge is 0.170 e. The third-order valence-corrected chi connectivity index (χ3v) is 1.93. The van der Waals surface area contributed by atoms with Crippen LogP contribution in [0.1, 0.15) is 13.3 Å². The molecule has 1 aromatic rings. The number of anilines is 1. The molecule has 0 aliphatic carbocycles. The molecule has 0 fully saturated rings. The van der Waals surface area contributed by atoms with Gasteiger partial charge in [-0.25, -0.2) is 0 Å². The number of para-hydroxylation sites is 2. The van der Waals surface area contributed by atoms with Crippen molar-refractivity contribution in [3.8, 4) is 5.75 Å². The van der Waals surface area contributed by atoms with Gasteiger partial charge in [-0.3, -0.25) is 0 Å². The quantitative estimate of drug-likeness (QED) is 0.528. The van der Waals surface area contributed by atoms with E-state index in [0.29, 0.717) is 10.8 Å². The first-order valence-electron chi connectivity index (χ1n) is 4.57. The molecule has 4 heteroatoms. The van der Waals surface area contributed by atoms with Gasteiger partial charge in [-0.15, -0.1) is 0 Å². The SMILES string of the molecule is CCCNC(=S)Nc1ccccc1O. The summed E-state index contributed by atoms with van der Waals surface area (Å²) in [4.78, 5) is 0. The molecular weight excluding hydrogens is 196 g/mol. The maximum absolute atomic E-state index is 9.43. The van der Waals surface area contributed by atoms with Gasteiger partial charge in [0.2, 0.25) is 0 Å². The summed E-state index contributed by atoms with van der Waals surface area (Å²) in [6.45, 7) is 2.90. The predicted octanol–water partition coefficient (Wildman–Crippen LogP) is 2.09. The van der Waals surface area contributed by atoms with Crippen molar-refractivity contribution in [1.82, 2.24) is 5.32 Å². The van der Waals surface area contributed by atoms with E-state index in [-0.39, 0.29) is 5.75 Å². The lowest BCUT2D eigenvalue weighted by Crippen LogP contribution is -2.28. The Hall–Kier alpha value is -1.29. The average molecular weight is 210 g/mol. The van der Waals surface area contributed by atoms with Gasteiger partial charge in [-0.05, 0) is 30.8 Å². The number of phenols is 1. The number of rotatable bonds is 3. The van der Waals surface area contributed by atoms with E-state index in [4.69, 9.17) is 12.2 Å². The number of aromatic hydroxyl groups is 1. The van der Waals surface area contributed by atoms with Crippen LogP contribution >= 0.6 is 12.2 Å². The second-order valence-corrected chi connectivity index (χ2v) is 3.31. The number of thiocarbonyl (C=S) groups is 1. The zero-order valence-electron chi connectivity index (χ0n) is 8.08. The van der Waals surface area contributed by atoms with Crippen LogP contribution in [0, 0.1) is 0 Å². The normalized spacial score (nSPS) is 9.50. The van der Waals surface area contributed by atoms with Crippen molar-refractivity contribution in [2.45, 2.75) is 13.3 Å². The van der Waals surface area contributed by atoms with Crippen LogP contribution in [0.2, 0.25) is 0 Å². The first kappa shape index (κ1) is 10.8. The third kappa shape index (κ3) is 3.22. The second kappa shape index (κ2) is 5.44. The molecule has 0 heterocycles. The Bertz CT molecular complexity index is 315. The van der Waals surface area contributed by atoms with Gasteiger partial charge in [0.15, 0.2) is 5.11 Å². The zero-order valence-corrected chi connectivity index (χ0v) is 8.90. The fourth-order valence-electron chi connectivity index (χ4n) is 0.984. The molecule has 0 aliphatic heterocycles. The Morgan fingerprint density at radius 2 is 2.14 bits per heavy atom. The van der Waals surface area contributed by atoms with Crippen molar-refractivity contribution in [1.29, 1.82) is 0 Å². The topological polar surface area (TPSA) is 44.3 Å². The van der Waals surface area contributed by atoms with Crippen LogP contribution in [0.15, 0.2) is 24.3 Å². The second-order valence-electron chi connectivity index (χ2n) is 2.90.